The second-order valence-corrected chi connectivity index (χ2v) is 5.37. The van der Waals surface area contributed by atoms with Gasteiger partial charge in [-0.05, 0) is 38.7 Å². The number of hydrogen-bond acceptors (Lipinski definition) is 3. The van der Waals surface area contributed by atoms with E-state index in [4.69, 9.17) is 5.11 Å². The van der Waals surface area contributed by atoms with Crippen LogP contribution in [0.25, 0.3) is 0 Å². The number of carbonyl (C=O) groups is 1. The van der Waals surface area contributed by atoms with Gasteiger partial charge in [-0.3, -0.25) is 9.48 Å². The minimum absolute atomic E-state index is 0.0524. The molecule has 1 amide bonds. The Balaban J connectivity index is 2.30. The Morgan fingerprint density at radius 1 is 1.45 bits per heavy atom. The van der Waals surface area contributed by atoms with Crippen molar-refractivity contribution < 1.29 is 9.90 Å². The highest BCUT2D eigenvalue weighted by molar-refractivity contribution is 5.75. The van der Waals surface area contributed by atoms with E-state index < -0.39 is 0 Å². The fourth-order valence-corrected chi connectivity index (χ4v) is 2.39. The minimum Gasteiger partial charge on any atom is -0.396 e. The number of nitrogens with one attached hydrogen (secondary N) is 1. The van der Waals surface area contributed by atoms with Crippen LogP contribution >= 0.6 is 0 Å². The summed E-state index contributed by atoms with van der Waals surface area (Å²) in [6, 6.07) is 2.01. The SMILES string of the molecule is CCCC(CCO)CNC(=O)CCn1nc(C)cc1C. The molecule has 1 unspecified atom stereocenters. The van der Waals surface area contributed by atoms with Crippen molar-refractivity contribution in [2.45, 2.75) is 53.0 Å². The van der Waals surface area contributed by atoms with E-state index in [2.05, 4.69) is 17.3 Å². The van der Waals surface area contributed by atoms with Crippen molar-refractivity contribution in [3.8, 4) is 0 Å². The maximum atomic E-state index is 11.8. The number of rotatable bonds is 9. The molecule has 0 bridgehead atoms. The van der Waals surface area contributed by atoms with Gasteiger partial charge in [0.1, 0.15) is 0 Å². The number of aryl methyl sites for hydroxylation is 3. The van der Waals surface area contributed by atoms with Gasteiger partial charge in [0.05, 0.1) is 5.69 Å². The molecular weight excluding hydrogens is 254 g/mol. The summed E-state index contributed by atoms with van der Waals surface area (Å²) in [5.74, 6) is 0.430. The van der Waals surface area contributed by atoms with Crippen LogP contribution in [0, 0.1) is 19.8 Å². The van der Waals surface area contributed by atoms with E-state index in [-0.39, 0.29) is 12.5 Å². The van der Waals surface area contributed by atoms with E-state index in [9.17, 15) is 4.79 Å². The molecule has 1 aromatic rings. The van der Waals surface area contributed by atoms with E-state index in [1.165, 1.54) is 0 Å². The first-order valence-electron chi connectivity index (χ1n) is 7.45. The topological polar surface area (TPSA) is 67.2 Å². The fourth-order valence-electron chi connectivity index (χ4n) is 2.39. The molecule has 1 heterocycles. The molecule has 5 heteroatoms. The van der Waals surface area contributed by atoms with Gasteiger partial charge in [-0.2, -0.15) is 5.10 Å². The predicted octanol–water partition coefficient (Wildman–Crippen LogP) is 1.80. The molecule has 0 saturated carbocycles. The summed E-state index contributed by atoms with van der Waals surface area (Å²) in [6.45, 7) is 7.53. The van der Waals surface area contributed by atoms with Crippen LogP contribution in [-0.2, 0) is 11.3 Å². The summed E-state index contributed by atoms with van der Waals surface area (Å²) < 4.78 is 1.87. The van der Waals surface area contributed by atoms with Gasteiger partial charge in [0.2, 0.25) is 5.91 Å². The van der Waals surface area contributed by atoms with Crippen molar-refractivity contribution in [1.29, 1.82) is 0 Å². The van der Waals surface area contributed by atoms with Crippen molar-refractivity contribution >= 4 is 5.91 Å². The van der Waals surface area contributed by atoms with Gasteiger partial charge in [-0.15, -0.1) is 0 Å². The molecule has 1 atom stereocenters. The average Bonchev–Trinajstić information content (AvgIpc) is 2.72. The zero-order valence-corrected chi connectivity index (χ0v) is 12.9. The lowest BCUT2D eigenvalue weighted by Gasteiger charge is -2.15. The largest absolute Gasteiger partial charge is 0.396 e. The molecule has 0 radical (unpaired) electrons. The second kappa shape index (κ2) is 8.74. The summed E-state index contributed by atoms with van der Waals surface area (Å²) in [4.78, 5) is 11.8. The second-order valence-electron chi connectivity index (χ2n) is 5.37. The molecule has 5 nitrogen and oxygen atoms in total. The van der Waals surface area contributed by atoms with Crippen molar-refractivity contribution in [3.63, 3.8) is 0 Å². The fraction of sp³-hybridized carbons (Fsp3) is 0.733. The van der Waals surface area contributed by atoms with E-state index >= 15 is 0 Å². The maximum absolute atomic E-state index is 11.8. The van der Waals surface area contributed by atoms with Gasteiger partial charge in [-0.1, -0.05) is 13.3 Å². The summed E-state index contributed by atoms with van der Waals surface area (Å²) in [5.41, 5.74) is 2.06. The van der Waals surface area contributed by atoms with E-state index in [0.717, 1.165) is 30.7 Å². The number of carbonyl (C=O) groups excluding carboxylic acids is 1. The third-order valence-corrected chi connectivity index (χ3v) is 3.48. The summed E-state index contributed by atoms with van der Waals surface area (Å²) in [6.07, 6.45) is 3.32. The van der Waals surface area contributed by atoms with Crippen LogP contribution < -0.4 is 5.32 Å². The highest BCUT2D eigenvalue weighted by Gasteiger charge is 2.10. The molecule has 0 aliphatic carbocycles. The number of aromatic nitrogens is 2. The molecule has 0 saturated heterocycles. The summed E-state index contributed by atoms with van der Waals surface area (Å²) in [7, 11) is 0. The lowest BCUT2D eigenvalue weighted by molar-refractivity contribution is -0.121. The van der Waals surface area contributed by atoms with E-state index in [1.807, 2.05) is 24.6 Å². The summed E-state index contributed by atoms with van der Waals surface area (Å²) in [5, 5.41) is 16.3. The number of aliphatic hydroxyl groups is 1. The Morgan fingerprint density at radius 3 is 2.75 bits per heavy atom. The molecule has 0 aliphatic rings. The van der Waals surface area contributed by atoms with Crippen molar-refractivity contribution in [2.24, 2.45) is 5.92 Å². The molecule has 114 valence electrons. The van der Waals surface area contributed by atoms with Gasteiger partial charge in [0.15, 0.2) is 0 Å². The van der Waals surface area contributed by atoms with E-state index in [1.54, 1.807) is 0 Å². The molecule has 0 aromatic carbocycles. The Labute approximate surface area is 121 Å². The first kappa shape index (κ1) is 16.7. The first-order valence-corrected chi connectivity index (χ1v) is 7.45. The zero-order valence-electron chi connectivity index (χ0n) is 12.9. The Hall–Kier alpha value is -1.36. The van der Waals surface area contributed by atoms with Crippen LogP contribution in [0.2, 0.25) is 0 Å². The van der Waals surface area contributed by atoms with Crippen LogP contribution in [0.3, 0.4) is 0 Å². The van der Waals surface area contributed by atoms with Crippen LogP contribution in [0.5, 0.6) is 0 Å². The third-order valence-electron chi connectivity index (χ3n) is 3.48. The van der Waals surface area contributed by atoms with Gasteiger partial charge < -0.3 is 10.4 Å². The van der Waals surface area contributed by atoms with Crippen LogP contribution in [0.15, 0.2) is 6.07 Å². The monoisotopic (exact) mass is 281 g/mol. The normalized spacial score (nSPS) is 12.4. The highest BCUT2D eigenvalue weighted by atomic mass is 16.3. The minimum atomic E-state index is 0.0524. The number of hydrogen-bond donors (Lipinski definition) is 2. The molecule has 2 N–H and O–H groups in total. The molecule has 0 fully saturated rings. The lowest BCUT2D eigenvalue weighted by Crippen LogP contribution is -2.30. The number of aliphatic hydroxyl groups excluding tert-OH is 1. The lowest BCUT2D eigenvalue weighted by atomic mass is 10.0. The van der Waals surface area contributed by atoms with Crippen molar-refractivity contribution in [2.75, 3.05) is 13.2 Å². The Kier molecular flexibility index (Phi) is 7.30. The molecule has 20 heavy (non-hydrogen) atoms. The van der Waals surface area contributed by atoms with Crippen LogP contribution in [0.1, 0.15) is 44.0 Å². The molecule has 0 spiro atoms. The average molecular weight is 281 g/mol. The summed E-state index contributed by atoms with van der Waals surface area (Å²) >= 11 is 0. The van der Waals surface area contributed by atoms with Gasteiger partial charge in [0.25, 0.3) is 0 Å². The van der Waals surface area contributed by atoms with E-state index in [0.29, 0.717) is 25.4 Å². The Bertz CT molecular complexity index is 409. The number of amides is 1. The van der Waals surface area contributed by atoms with Crippen LogP contribution in [-0.4, -0.2) is 33.9 Å². The number of nitrogens with zero attached hydrogens (tertiary/aromatic N) is 2. The van der Waals surface area contributed by atoms with Crippen molar-refractivity contribution in [3.05, 3.63) is 17.5 Å². The molecule has 0 aliphatic heterocycles. The maximum Gasteiger partial charge on any atom is 0.221 e. The van der Waals surface area contributed by atoms with Crippen LogP contribution in [0.4, 0.5) is 0 Å². The zero-order chi connectivity index (χ0) is 15.0. The third kappa shape index (κ3) is 5.74. The quantitative estimate of drug-likeness (QED) is 0.725. The molecular formula is C15H27N3O2. The predicted molar refractivity (Wildman–Crippen MR) is 79.4 cm³/mol. The first-order chi connectivity index (χ1) is 9.56. The standard InChI is InChI=1S/C15H27N3O2/c1-4-5-14(7-9-19)11-16-15(20)6-8-18-13(3)10-12(2)17-18/h10,14,19H,4-9,11H2,1-3H3,(H,16,20). The van der Waals surface area contributed by atoms with Gasteiger partial charge in [-0.25, -0.2) is 0 Å². The van der Waals surface area contributed by atoms with Gasteiger partial charge in [0, 0.05) is 31.8 Å². The molecule has 1 rings (SSSR count). The highest BCUT2D eigenvalue weighted by Crippen LogP contribution is 2.09. The Morgan fingerprint density at radius 2 is 2.20 bits per heavy atom. The molecule has 1 aromatic heterocycles. The smallest absolute Gasteiger partial charge is 0.221 e. The van der Waals surface area contributed by atoms with Gasteiger partial charge >= 0.3 is 0 Å². The van der Waals surface area contributed by atoms with Crippen molar-refractivity contribution in [1.82, 2.24) is 15.1 Å².